The summed E-state index contributed by atoms with van der Waals surface area (Å²) in [5, 5.41) is 12.4. The minimum Gasteiger partial charge on any atom is -0.392 e. The molecule has 4 nitrogen and oxygen atoms in total. The lowest BCUT2D eigenvalue weighted by Gasteiger charge is -2.13. The minimum absolute atomic E-state index is 0.102. The Labute approximate surface area is 146 Å². The second-order valence-electron chi connectivity index (χ2n) is 4.67. The molecule has 0 aliphatic heterocycles. The molecule has 0 spiro atoms. The third-order valence-electron chi connectivity index (χ3n) is 3.19. The van der Waals surface area contributed by atoms with Gasteiger partial charge in [-0.1, -0.05) is 5.92 Å². The monoisotopic (exact) mass is 447 g/mol. The fourth-order valence-corrected chi connectivity index (χ4v) is 4.50. The zero-order valence-corrected chi connectivity index (χ0v) is 15.8. The quantitative estimate of drug-likeness (QED) is 0.580. The number of halogens is 1. The van der Waals surface area contributed by atoms with E-state index in [2.05, 4.69) is 32.4 Å². The van der Waals surface area contributed by atoms with Gasteiger partial charge >= 0.3 is 0 Å². The summed E-state index contributed by atoms with van der Waals surface area (Å²) in [6, 6.07) is 8.27. The Morgan fingerprint density at radius 1 is 1.23 bits per heavy atom. The molecule has 7 heteroatoms. The van der Waals surface area contributed by atoms with Crippen LogP contribution in [0.5, 0.6) is 0 Å². The zero-order valence-electron chi connectivity index (χ0n) is 12.0. The summed E-state index contributed by atoms with van der Waals surface area (Å²) < 4.78 is 27.0. The largest absolute Gasteiger partial charge is 0.392 e. The number of rotatable bonds is 3. The third kappa shape index (κ3) is 3.35. The van der Waals surface area contributed by atoms with Crippen molar-refractivity contribution in [2.24, 2.45) is 0 Å². The topological polar surface area (TPSA) is 59.3 Å². The van der Waals surface area contributed by atoms with Crippen LogP contribution in [-0.2, 0) is 16.6 Å². The van der Waals surface area contributed by atoms with Crippen molar-refractivity contribution in [3.8, 4) is 11.2 Å². The first-order valence-corrected chi connectivity index (χ1v) is 11.1. The number of aliphatic hydroxyl groups excluding tert-OH is 1. The highest BCUT2D eigenvalue weighted by atomic mass is 127. The summed E-state index contributed by atoms with van der Waals surface area (Å²) in [5.74, 6) is 2.90. The lowest BCUT2D eigenvalue weighted by atomic mass is 10.1. The molecule has 22 heavy (non-hydrogen) atoms. The van der Waals surface area contributed by atoms with Crippen molar-refractivity contribution in [1.82, 2.24) is 3.97 Å². The van der Waals surface area contributed by atoms with Crippen LogP contribution in [0.15, 0.2) is 35.2 Å². The van der Waals surface area contributed by atoms with E-state index in [1.165, 1.54) is 19.0 Å². The van der Waals surface area contributed by atoms with Crippen LogP contribution in [0.4, 0.5) is 0 Å². The first-order chi connectivity index (χ1) is 10.4. The van der Waals surface area contributed by atoms with Gasteiger partial charge in [0.15, 0.2) is 0 Å². The van der Waals surface area contributed by atoms with Crippen molar-refractivity contribution < 1.29 is 13.5 Å². The second-order valence-corrected chi connectivity index (χ2v) is 8.11. The molecule has 116 valence electrons. The summed E-state index contributed by atoms with van der Waals surface area (Å²) in [7, 11) is -2.39. The third-order valence-corrected chi connectivity index (χ3v) is 6.04. The molecule has 1 aromatic heterocycles. The molecule has 1 heterocycles. The first-order valence-electron chi connectivity index (χ1n) is 6.34. The van der Waals surface area contributed by atoms with Gasteiger partial charge in [0.2, 0.25) is 0 Å². The van der Waals surface area contributed by atoms with Crippen LogP contribution in [0, 0.1) is 25.0 Å². The molecule has 0 radical (unpaired) electrons. The van der Waals surface area contributed by atoms with E-state index >= 15 is 0 Å². The zero-order chi connectivity index (χ0) is 16.3. The Bertz CT molecular complexity index is 841. The summed E-state index contributed by atoms with van der Waals surface area (Å²) >= 11 is 2.06. The van der Waals surface area contributed by atoms with E-state index < -0.39 is 10.0 Å². The van der Waals surface area contributed by atoms with Crippen molar-refractivity contribution in [3.63, 3.8) is 0 Å². The summed E-state index contributed by atoms with van der Waals surface area (Å²) in [6.45, 7) is 3.11. The van der Waals surface area contributed by atoms with E-state index in [9.17, 15) is 13.5 Å². The Balaban J connectivity index is 2.61. The number of hydrogen-bond acceptors (Lipinski definition) is 4. The summed E-state index contributed by atoms with van der Waals surface area (Å²) in [5.41, 5.74) is 2.28. The Morgan fingerprint density at radius 2 is 1.86 bits per heavy atom. The van der Waals surface area contributed by atoms with Gasteiger partial charge in [0, 0.05) is 38.2 Å². The minimum atomic E-state index is -3.74. The van der Waals surface area contributed by atoms with Crippen LogP contribution in [0.3, 0.4) is 0 Å². The van der Waals surface area contributed by atoms with Crippen LogP contribution >= 0.6 is 30.1 Å². The molecule has 0 unspecified atom stereocenters. The molecule has 1 N–H and O–H groups in total. The van der Waals surface area contributed by atoms with E-state index in [-0.39, 0.29) is 11.5 Å². The molecular weight excluding hydrogens is 433 g/mol. The summed E-state index contributed by atoms with van der Waals surface area (Å²) in [6.07, 6.45) is 0. The van der Waals surface area contributed by atoms with Gasteiger partial charge < -0.3 is 5.11 Å². The SMILES string of the molecule is Cc1ccc(C)n1S(=O)(=O)c1ccc(C#CSI)cc1CO. The highest BCUT2D eigenvalue weighted by Gasteiger charge is 2.23. The standard InChI is InChI=1S/C15H14INO3S2/c1-11-3-4-12(2)17(11)22(19,20)15-6-5-13(7-8-21-16)9-14(15)10-18/h3-6,9,18H,10H2,1-2H3. The Kier molecular flexibility index (Phi) is 5.60. The normalized spacial score (nSPS) is 11.1. The van der Waals surface area contributed by atoms with Gasteiger partial charge in [-0.15, -0.1) is 0 Å². The van der Waals surface area contributed by atoms with Crippen LogP contribution in [-0.4, -0.2) is 17.5 Å². The maximum atomic E-state index is 12.9. The smallest absolute Gasteiger partial charge is 0.268 e. The number of nitrogens with zero attached hydrogens (tertiary/aromatic N) is 1. The van der Waals surface area contributed by atoms with Gasteiger partial charge in [0.25, 0.3) is 10.0 Å². The molecule has 0 bridgehead atoms. The number of aromatic nitrogens is 1. The van der Waals surface area contributed by atoms with Gasteiger partial charge in [-0.2, -0.15) is 0 Å². The highest BCUT2D eigenvalue weighted by molar-refractivity contribution is 14.2. The molecular formula is C15H14INO3S2. The summed E-state index contributed by atoms with van der Waals surface area (Å²) in [4.78, 5) is 0.102. The van der Waals surface area contributed by atoms with Crippen LogP contribution in [0.25, 0.3) is 0 Å². The van der Waals surface area contributed by atoms with Crippen LogP contribution < -0.4 is 0 Å². The molecule has 0 saturated carbocycles. The van der Waals surface area contributed by atoms with Crippen LogP contribution in [0.2, 0.25) is 0 Å². The van der Waals surface area contributed by atoms with Crippen molar-refractivity contribution in [1.29, 1.82) is 0 Å². The van der Waals surface area contributed by atoms with E-state index in [0.717, 1.165) is 0 Å². The molecule has 0 aliphatic rings. The van der Waals surface area contributed by atoms with Crippen molar-refractivity contribution >= 4 is 40.2 Å². The molecule has 1 aromatic carbocycles. The van der Waals surface area contributed by atoms with Gasteiger partial charge in [0.05, 0.1) is 11.5 Å². The van der Waals surface area contributed by atoms with E-state index in [4.69, 9.17) is 0 Å². The molecule has 2 aromatic rings. The maximum Gasteiger partial charge on any atom is 0.268 e. The average Bonchev–Trinajstić information content (AvgIpc) is 2.84. The number of aliphatic hydroxyl groups is 1. The molecule has 0 aliphatic carbocycles. The molecule has 2 rings (SSSR count). The first kappa shape index (κ1) is 17.4. The van der Waals surface area contributed by atoms with Crippen molar-refractivity contribution in [2.45, 2.75) is 25.3 Å². The number of hydrogen-bond donors (Lipinski definition) is 1. The van der Waals surface area contributed by atoms with Gasteiger partial charge in [-0.05, 0) is 63.9 Å². The fraction of sp³-hybridized carbons (Fsp3) is 0.200. The van der Waals surface area contributed by atoms with E-state index in [1.54, 1.807) is 38.1 Å². The lowest BCUT2D eigenvalue weighted by molar-refractivity contribution is 0.278. The molecule has 0 fully saturated rings. The van der Waals surface area contributed by atoms with Crippen molar-refractivity contribution in [2.75, 3.05) is 0 Å². The van der Waals surface area contributed by atoms with E-state index in [0.29, 0.717) is 22.5 Å². The van der Waals surface area contributed by atoms with Crippen molar-refractivity contribution in [3.05, 3.63) is 52.8 Å². The maximum absolute atomic E-state index is 12.9. The van der Waals surface area contributed by atoms with Gasteiger partial charge in [-0.25, -0.2) is 12.4 Å². The Hall–Kier alpha value is -0.950. The average molecular weight is 447 g/mol. The highest BCUT2D eigenvalue weighted by Crippen LogP contribution is 2.24. The molecule has 0 amide bonds. The number of benzene rings is 1. The van der Waals surface area contributed by atoms with Crippen LogP contribution in [0.1, 0.15) is 22.5 Å². The molecule has 0 atom stereocenters. The second kappa shape index (κ2) is 7.08. The van der Waals surface area contributed by atoms with Gasteiger partial charge in [-0.3, -0.25) is 0 Å². The lowest BCUT2D eigenvalue weighted by Crippen LogP contribution is -2.17. The van der Waals surface area contributed by atoms with E-state index in [1.807, 2.05) is 0 Å². The Morgan fingerprint density at radius 3 is 2.41 bits per heavy atom. The molecule has 0 saturated heterocycles. The fourth-order valence-electron chi connectivity index (χ4n) is 2.24. The predicted octanol–water partition coefficient (Wildman–Crippen LogP) is 3.23. The number of aryl methyl sites for hydroxylation is 2. The van der Waals surface area contributed by atoms with Gasteiger partial charge in [0.1, 0.15) is 0 Å². The predicted molar refractivity (Wildman–Crippen MR) is 97.3 cm³/mol.